The zero-order chi connectivity index (χ0) is 24.3. The quantitative estimate of drug-likeness (QED) is 0.543. The van der Waals surface area contributed by atoms with Crippen LogP contribution in [-0.2, 0) is 14.8 Å². The van der Waals surface area contributed by atoms with Crippen molar-refractivity contribution in [2.75, 3.05) is 25.0 Å². The van der Waals surface area contributed by atoms with Gasteiger partial charge in [0.05, 0.1) is 4.90 Å². The SMILES string of the molecule is Cc1nc(-c2ccc(OCC(=O)Nc3ccc(S(=O)(=O)N4C[C@H](C)C[C@@H](C)C4)cc3)cc2)no1. The first-order valence-corrected chi connectivity index (χ1v) is 12.6. The lowest BCUT2D eigenvalue weighted by atomic mass is 9.94. The molecular formula is C24H28N4O5S. The van der Waals surface area contributed by atoms with Crippen molar-refractivity contribution < 1.29 is 22.5 Å². The largest absolute Gasteiger partial charge is 0.484 e. The van der Waals surface area contributed by atoms with Crippen molar-refractivity contribution in [1.82, 2.24) is 14.4 Å². The molecule has 2 atom stereocenters. The first kappa shape index (κ1) is 23.9. The van der Waals surface area contributed by atoms with Gasteiger partial charge in [-0.15, -0.1) is 0 Å². The third kappa shape index (κ3) is 5.63. The molecule has 0 spiro atoms. The first-order chi connectivity index (χ1) is 16.2. The molecule has 10 heteroatoms. The Labute approximate surface area is 199 Å². The number of hydrogen-bond donors (Lipinski definition) is 1. The number of amides is 1. The third-order valence-electron chi connectivity index (χ3n) is 5.62. The summed E-state index contributed by atoms with van der Waals surface area (Å²) in [5, 5.41) is 6.58. The number of nitrogens with zero attached hydrogens (tertiary/aromatic N) is 3. The summed E-state index contributed by atoms with van der Waals surface area (Å²) in [5.41, 5.74) is 1.27. The number of carbonyl (C=O) groups is 1. The van der Waals surface area contributed by atoms with Gasteiger partial charge >= 0.3 is 0 Å². The normalized spacial score (nSPS) is 19.0. The van der Waals surface area contributed by atoms with E-state index in [-0.39, 0.29) is 17.4 Å². The molecule has 0 bridgehead atoms. The molecule has 1 N–H and O–H groups in total. The van der Waals surface area contributed by atoms with Crippen LogP contribution in [-0.4, -0.2) is 48.5 Å². The third-order valence-corrected chi connectivity index (χ3v) is 7.47. The molecule has 1 saturated heterocycles. The van der Waals surface area contributed by atoms with Gasteiger partial charge in [-0.2, -0.15) is 9.29 Å². The number of aromatic nitrogens is 2. The number of aryl methyl sites for hydroxylation is 1. The van der Waals surface area contributed by atoms with Crippen molar-refractivity contribution >= 4 is 21.6 Å². The van der Waals surface area contributed by atoms with E-state index in [9.17, 15) is 13.2 Å². The smallest absolute Gasteiger partial charge is 0.262 e. The van der Waals surface area contributed by atoms with E-state index in [2.05, 4.69) is 29.3 Å². The second kappa shape index (κ2) is 9.94. The van der Waals surface area contributed by atoms with Gasteiger partial charge in [-0.05, 0) is 66.8 Å². The van der Waals surface area contributed by atoms with Crippen LogP contribution in [0, 0.1) is 18.8 Å². The zero-order valence-corrected chi connectivity index (χ0v) is 20.2. The number of benzene rings is 2. The molecule has 9 nitrogen and oxygen atoms in total. The number of hydrogen-bond acceptors (Lipinski definition) is 7. The Balaban J connectivity index is 1.31. The number of ether oxygens (including phenoxy) is 1. The van der Waals surface area contributed by atoms with Gasteiger partial charge in [0.2, 0.25) is 21.7 Å². The molecule has 4 rings (SSSR count). The van der Waals surface area contributed by atoms with E-state index in [1.54, 1.807) is 47.6 Å². The summed E-state index contributed by atoms with van der Waals surface area (Å²) in [6, 6.07) is 13.2. The summed E-state index contributed by atoms with van der Waals surface area (Å²) in [4.78, 5) is 16.7. The molecule has 0 unspecified atom stereocenters. The molecule has 2 aromatic carbocycles. The Morgan fingerprint density at radius 3 is 2.32 bits per heavy atom. The molecule has 2 heterocycles. The highest BCUT2D eigenvalue weighted by molar-refractivity contribution is 7.89. The number of anilines is 1. The van der Waals surface area contributed by atoms with E-state index >= 15 is 0 Å². The van der Waals surface area contributed by atoms with Gasteiger partial charge in [0.1, 0.15) is 5.75 Å². The van der Waals surface area contributed by atoms with Crippen molar-refractivity contribution in [1.29, 1.82) is 0 Å². The summed E-state index contributed by atoms with van der Waals surface area (Å²) < 4.78 is 38.0. The lowest BCUT2D eigenvalue weighted by Crippen LogP contribution is -2.42. The van der Waals surface area contributed by atoms with Crippen LogP contribution < -0.4 is 10.1 Å². The first-order valence-electron chi connectivity index (χ1n) is 11.1. The van der Waals surface area contributed by atoms with Gasteiger partial charge in [0.15, 0.2) is 6.61 Å². The molecule has 3 aromatic rings. The summed E-state index contributed by atoms with van der Waals surface area (Å²) in [6.07, 6.45) is 1.03. The highest BCUT2D eigenvalue weighted by Gasteiger charge is 2.31. The van der Waals surface area contributed by atoms with Gasteiger partial charge in [0, 0.05) is 31.3 Å². The Hall–Kier alpha value is -3.24. The van der Waals surface area contributed by atoms with Crippen LogP contribution in [0.5, 0.6) is 5.75 Å². The summed E-state index contributed by atoms with van der Waals surface area (Å²) in [7, 11) is -3.56. The molecule has 0 saturated carbocycles. The van der Waals surface area contributed by atoms with Crippen LogP contribution in [0.3, 0.4) is 0 Å². The molecule has 1 aliphatic rings. The van der Waals surface area contributed by atoms with Gasteiger partial charge < -0.3 is 14.6 Å². The van der Waals surface area contributed by atoms with E-state index in [0.717, 1.165) is 12.0 Å². The zero-order valence-electron chi connectivity index (χ0n) is 19.4. The van der Waals surface area contributed by atoms with Crippen molar-refractivity contribution in [3.8, 4) is 17.1 Å². The number of nitrogens with one attached hydrogen (secondary N) is 1. The van der Waals surface area contributed by atoms with Crippen molar-refractivity contribution in [2.45, 2.75) is 32.1 Å². The second-order valence-electron chi connectivity index (χ2n) is 8.79. The maximum absolute atomic E-state index is 13.0. The van der Waals surface area contributed by atoms with Crippen LogP contribution in [0.1, 0.15) is 26.2 Å². The summed E-state index contributed by atoms with van der Waals surface area (Å²) >= 11 is 0. The van der Waals surface area contributed by atoms with E-state index in [4.69, 9.17) is 9.26 Å². The lowest BCUT2D eigenvalue weighted by Gasteiger charge is -2.34. The lowest BCUT2D eigenvalue weighted by molar-refractivity contribution is -0.118. The van der Waals surface area contributed by atoms with Crippen LogP contribution >= 0.6 is 0 Å². The number of carbonyl (C=O) groups excluding carboxylic acids is 1. The standard InChI is InChI=1S/C24H28N4O5S/c1-16-12-17(2)14-28(13-16)34(30,31)22-10-6-20(7-11-22)26-23(29)15-32-21-8-4-19(5-9-21)24-25-18(3)33-27-24/h4-11,16-17H,12-15H2,1-3H3,(H,26,29)/t16-,17-/m1/s1. The Morgan fingerprint density at radius 1 is 1.09 bits per heavy atom. The average Bonchev–Trinajstić information content (AvgIpc) is 3.24. The maximum atomic E-state index is 13.0. The summed E-state index contributed by atoms with van der Waals surface area (Å²) in [5.74, 6) is 1.79. The Bertz CT molecular complexity index is 1230. The molecule has 34 heavy (non-hydrogen) atoms. The van der Waals surface area contributed by atoms with Crippen LogP contribution in [0.2, 0.25) is 0 Å². The minimum absolute atomic E-state index is 0.190. The fourth-order valence-corrected chi connectivity index (χ4v) is 5.80. The average molecular weight is 485 g/mol. The number of rotatable bonds is 7. The fraction of sp³-hybridized carbons (Fsp3) is 0.375. The molecular weight excluding hydrogens is 456 g/mol. The summed E-state index contributed by atoms with van der Waals surface area (Å²) in [6.45, 7) is 6.72. The molecule has 1 amide bonds. The highest BCUT2D eigenvalue weighted by atomic mass is 32.2. The van der Waals surface area contributed by atoms with Crippen molar-refractivity contribution in [3.05, 3.63) is 54.4 Å². The monoisotopic (exact) mass is 484 g/mol. The molecule has 1 aromatic heterocycles. The Morgan fingerprint density at radius 2 is 1.74 bits per heavy atom. The fourth-order valence-electron chi connectivity index (χ4n) is 4.12. The minimum atomic E-state index is -3.56. The van der Waals surface area contributed by atoms with E-state index in [1.807, 2.05) is 0 Å². The topological polar surface area (TPSA) is 115 Å². The molecule has 180 valence electrons. The van der Waals surface area contributed by atoms with E-state index in [1.165, 1.54) is 12.1 Å². The van der Waals surface area contributed by atoms with E-state index < -0.39 is 10.0 Å². The van der Waals surface area contributed by atoms with Crippen LogP contribution in [0.25, 0.3) is 11.4 Å². The molecule has 1 aliphatic heterocycles. The van der Waals surface area contributed by atoms with Crippen LogP contribution in [0.15, 0.2) is 57.9 Å². The number of piperidine rings is 1. The van der Waals surface area contributed by atoms with Gasteiger partial charge in [-0.1, -0.05) is 19.0 Å². The highest BCUT2D eigenvalue weighted by Crippen LogP contribution is 2.27. The second-order valence-corrected chi connectivity index (χ2v) is 10.7. The van der Waals surface area contributed by atoms with Crippen molar-refractivity contribution in [2.24, 2.45) is 11.8 Å². The van der Waals surface area contributed by atoms with Crippen molar-refractivity contribution in [3.63, 3.8) is 0 Å². The minimum Gasteiger partial charge on any atom is -0.484 e. The predicted octanol–water partition coefficient (Wildman–Crippen LogP) is 3.73. The molecule has 1 fully saturated rings. The van der Waals surface area contributed by atoms with Gasteiger partial charge in [0.25, 0.3) is 5.91 Å². The predicted molar refractivity (Wildman–Crippen MR) is 127 cm³/mol. The van der Waals surface area contributed by atoms with E-state index in [0.29, 0.717) is 48.1 Å². The molecule has 0 aliphatic carbocycles. The molecule has 0 radical (unpaired) electrons. The number of sulfonamides is 1. The van der Waals surface area contributed by atoms with Crippen LogP contribution in [0.4, 0.5) is 5.69 Å². The van der Waals surface area contributed by atoms with Gasteiger partial charge in [-0.25, -0.2) is 8.42 Å². The van der Waals surface area contributed by atoms with Gasteiger partial charge in [-0.3, -0.25) is 4.79 Å². The Kier molecular flexibility index (Phi) is 6.99. The maximum Gasteiger partial charge on any atom is 0.262 e.